The molecule has 0 spiro atoms. The smallest absolute Gasteiger partial charge is 0.237 e. The highest BCUT2D eigenvalue weighted by molar-refractivity contribution is 5.97. The van der Waals surface area contributed by atoms with Crippen molar-refractivity contribution in [1.29, 1.82) is 5.26 Å². The Balaban J connectivity index is 1.51. The van der Waals surface area contributed by atoms with Crippen molar-refractivity contribution in [2.45, 2.75) is 57.0 Å². The average Bonchev–Trinajstić information content (AvgIpc) is 3.45. The Morgan fingerprint density at radius 1 is 1.31 bits per heavy atom. The number of piperidine rings is 1. The fraction of sp³-hybridized carbons (Fsp3) is 0.455. The van der Waals surface area contributed by atoms with Crippen LogP contribution in [-0.4, -0.2) is 38.8 Å². The van der Waals surface area contributed by atoms with Crippen molar-refractivity contribution >= 4 is 34.2 Å². The minimum atomic E-state index is -0.0728. The van der Waals surface area contributed by atoms with E-state index in [1.807, 2.05) is 29.3 Å². The normalized spacial score (nSPS) is 23.4. The highest BCUT2D eigenvalue weighted by atomic mass is 16.2. The van der Waals surface area contributed by atoms with E-state index in [9.17, 15) is 9.59 Å². The van der Waals surface area contributed by atoms with Crippen LogP contribution in [0.5, 0.6) is 0 Å². The number of rotatable bonds is 4. The lowest BCUT2D eigenvalue weighted by Gasteiger charge is -2.45. The van der Waals surface area contributed by atoms with Crippen LogP contribution in [0.4, 0.5) is 5.82 Å². The van der Waals surface area contributed by atoms with E-state index < -0.39 is 0 Å². The summed E-state index contributed by atoms with van der Waals surface area (Å²) in [6.07, 6.45) is 9.60. The molecule has 0 radical (unpaired) electrons. The molecule has 29 heavy (non-hydrogen) atoms. The predicted molar refractivity (Wildman–Crippen MR) is 109 cm³/mol. The van der Waals surface area contributed by atoms with Crippen LogP contribution in [0.3, 0.4) is 0 Å². The van der Waals surface area contributed by atoms with Gasteiger partial charge in [-0.25, -0.2) is 4.98 Å². The van der Waals surface area contributed by atoms with Gasteiger partial charge in [0.1, 0.15) is 17.9 Å². The summed E-state index contributed by atoms with van der Waals surface area (Å²) in [5.41, 5.74) is 3.00. The van der Waals surface area contributed by atoms with Crippen LogP contribution in [-0.2, 0) is 9.59 Å². The van der Waals surface area contributed by atoms with E-state index in [0.29, 0.717) is 5.82 Å². The minimum Gasteiger partial charge on any atom is -0.346 e. The topological polar surface area (TPSA) is 102 Å². The number of amides is 2. The van der Waals surface area contributed by atoms with Crippen molar-refractivity contribution in [2.24, 2.45) is 5.92 Å². The van der Waals surface area contributed by atoms with Crippen LogP contribution in [0, 0.1) is 17.2 Å². The lowest BCUT2D eigenvalue weighted by Crippen LogP contribution is -2.51. The van der Waals surface area contributed by atoms with E-state index in [1.54, 1.807) is 0 Å². The van der Waals surface area contributed by atoms with Gasteiger partial charge >= 0.3 is 0 Å². The summed E-state index contributed by atoms with van der Waals surface area (Å²) < 4.78 is 0. The molecule has 1 saturated heterocycles. The molecule has 7 nitrogen and oxygen atoms in total. The van der Waals surface area contributed by atoms with Crippen LogP contribution in [0.15, 0.2) is 24.4 Å². The number of nitrogens with zero attached hydrogens (tertiary/aromatic N) is 3. The van der Waals surface area contributed by atoms with Gasteiger partial charge in [-0.1, -0.05) is 6.08 Å². The number of aromatic amines is 1. The first-order chi connectivity index (χ1) is 14.1. The maximum Gasteiger partial charge on any atom is 0.237 e. The summed E-state index contributed by atoms with van der Waals surface area (Å²) in [6.45, 7) is 0. The summed E-state index contributed by atoms with van der Waals surface area (Å²) in [4.78, 5) is 34.4. The Hall–Kier alpha value is -3.14. The predicted octanol–water partition coefficient (Wildman–Crippen LogP) is 3.36. The number of hydrogen-bond acceptors (Lipinski definition) is 4. The first-order valence-electron chi connectivity index (χ1n) is 10.3. The van der Waals surface area contributed by atoms with Crippen molar-refractivity contribution in [1.82, 2.24) is 14.9 Å². The fourth-order valence-corrected chi connectivity index (χ4v) is 4.72. The van der Waals surface area contributed by atoms with E-state index in [0.717, 1.165) is 55.1 Å². The highest BCUT2D eigenvalue weighted by Gasteiger charge is 2.37. The largest absolute Gasteiger partial charge is 0.346 e. The lowest BCUT2D eigenvalue weighted by molar-refractivity contribution is -0.136. The van der Waals surface area contributed by atoms with E-state index in [-0.39, 0.29) is 36.2 Å². The van der Waals surface area contributed by atoms with Crippen LogP contribution < -0.4 is 5.32 Å². The van der Waals surface area contributed by atoms with Gasteiger partial charge in [-0.05, 0) is 61.8 Å². The van der Waals surface area contributed by atoms with Gasteiger partial charge in [-0.2, -0.15) is 5.26 Å². The average molecular weight is 389 g/mol. The molecule has 2 atom stereocenters. The number of aromatic nitrogens is 2. The second-order valence-corrected chi connectivity index (χ2v) is 8.24. The quantitative estimate of drug-likeness (QED) is 0.837. The molecule has 2 fully saturated rings. The number of nitrogens with one attached hydrogen (secondary N) is 2. The Morgan fingerprint density at radius 2 is 2.17 bits per heavy atom. The first-order valence-corrected chi connectivity index (χ1v) is 10.3. The van der Waals surface area contributed by atoms with Gasteiger partial charge in [-0.3, -0.25) is 9.59 Å². The van der Waals surface area contributed by atoms with Crippen molar-refractivity contribution < 1.29 is 9.59 Å². The van der Waals surface area contributed by atoms with E-state index in [1.165, 1.54) is 5.57 Å². The van der Waals surface area contributed by atoms with Crippen molar-refractivity contribution in [3.8, 4) is 6.07 Å². The van der Waals surface area contributed by atoms with Crippen LogP contribution >= 0.6 is 0 Å². The number of fused-ring (bicyclic) bond motifs is 3. The van der Waals surface area contributed by atoms with Crippen molar-refractivity contribution in [3.05, 3.63) is 30.0 Å². The maximum absolute atomic E-state index is 12.5. The zero-order valence-electron chi connectivity index (χ0n) is 16.1. The fourth-order valence-electron chi connectivity index (χ4n) is 4.72. The molecule has 2 aromatic heterocycles. The first kappa shape index (κ1) is 17.9. The number of carbonyl (C=O) groups is 2. The second kappa shape index (κ2) is 7.03. The highest BCUT2D eigenvalue weighted by Crippen LogP contribution is 2.40. The molecule has 7 heteroatoms. The Kier molecular flexibility index (Phi) is 4.35. The number of carbonyl (C=O) groups excluding carboxylic acids is 2. The molecule has 5 rings (SSSR count). The molecular weight excluding hydrogens is 366 g/mol. The lowest BCUT2D eigenvalue weighted by atomic mass is 9.82. The number of hydrogen-bond donors (Lipinski definition) is 2. The summed E-state index contributed by atoms with van der Waals surface area (Å²) in [6, 6.07) is 6.12. The molecule has 2 amide bonds. The van der Waals surface area contributed by atoms with Crippen molar-refractivity contribution in [3.63, 3.8) is 0 Å². The molecule has 3 aliphatic rings. The second-order valence-electron chi connectivity index (χ2n) is 8.24. The molecule has 4 heterocycles. The van der Waals surface area contributed by atoms with Gasteiger partial charge in [-0.15, -0.1) is 0 Å². The van der Waals surface area contributed by atoms with Gasteiger partial charge in [0.15, 0.2) is 0 Å². The van der Waals surface area contributed by atoms with Gasteiger partial charge in [0.05, 0.1) is 12.1 Å². The monoisotopic (exact) mass is 389 g/mol. The zero-order chi connectivity index (χ0) is 20.0. The molecule has 0 aromatic carbocycles. The zero-order valence-corrected chi connectivity index (χ0v) is 16.1. The SMILES string of the molecule is N#CCC(=O)N1C2C=C(c3cc(NC(=O)C4CC4)nc4[nH]ccc34)CC1CCC2. The summed E-state index contributed by atoms with van der Waals surface area (Å²) in [5, 5.41) is 12.9. The van der Waals surface area contributed by atoms with Gasteiger partial charge in [0, 0.05) is 23.5 Å². The van der Waals surface area contributed by atoms with Gasteiger partial charge < -0.3 is 15.2 Å². The third-order valence-electron chi connectivity index (χ3n) is 6.23. The third kappa shape index (κ3) is 3.29. The van der Waals surface area contributed by atoms with Crippen LogP contribution in [0.2, 0.25) is 0 Å². The Bertz CT molecular complexity index is 1060. The maximum atomic E-state index is 12.5. The van der Waals surface area contributed by atoms with Crippen LogP contribution in [0.1, 0.15) is 50.5 Å². The molecule has 2 N–H and O–H groups in total. The molecule has 148 valence electrons. The number of pyridine rings is 1. The summed E-state index contributed by atoms with van der Waals surface area (Å²) in [7, 11) is 0. The van der Waals surface area contributed by atoms with Crippen LogP contribution in [0.25, 0.3) is 16.6 Å². The molecular formula is C22H23N5O2. The summed E-state index contributed by atoms with van der Waals surface area (Å²) >= 11 is 0. The summed E-state index contributed by atoms with van der Waals surface area (Å²) in [5.74, 6) is 0.655. The van der Waals surface area contributed by atoms with Gasteiger partial charge in [0.2, 0.25) is 11.8 Å². The molecule has 2 aromatic rings. The van der Waals surface area contributed by atoms with E-state index in [4.69, 9.17) is 5.26 Å². The van der Waals surface area contributed by atoms with E-state index in [2.05, 4.69) is 21.4 Å². The van der Waals surface area contributed by atoms with Crippen molar-refractivity contribution in [2.75, 3.05) is 5.32 Å². The Morgan fingerprint density at radius 3 is 2.93 bits per heavy atom. The molecule has 2 bridgehead atoms. The number of anilines is 1. The van der Waals surface area contributed by atoms with Gasteiger partial charge in [0.25, 0.3) is 0 Å². The number of nitriles is 1. The minimum absolute atomic E-state index is 0.0324. The Labute approximate surface area is 168 Å². The standard InChI is InChI=1S/C22H23N5O2/c23-8-6-20(28)27-15-2-1-3-16(27)11-14(10-15)18-12-19(26-22(29)13-4-5-13)25-21-17(18)7-9-24-21/h7,9-10,12-13,15-16H,1-6,11H2,(H2,24,25,26,29). The molecule has 1 aliphatic carbocycles. The molecule has 1 saturated carbocycles. The number of H-pyrrole nitrogens is 1. The molecule has 2 unspecified atom stereocenters. The third-order valence-corrected chi connectivity index (χ3v) is 6.23. The molecule has 2 aliphatic heterocycles. The van der Waals surface area contributed by atoms with E-state index >= 15 is 0 Å².